The summed E-state index contributed by atoms with van der Waals surface area (Å²) in [5.74, 6) is 0.498. The number of thiazole rings is 1. The summed E-state index contributed by atoms with van der Waals surface area (Å²) in [7, 11) is 1.58. The zero-order valence-electron chi connectivity index (χ0n) is 11.8. The van der Waals surface area contributed by atoms with Gasteiger partial charge in [0.25, 0.3) is 5.91 Å². The van der Waals surface area contributed by atoms with Crippen molar-refractivity contribution in [3.05, 3.63) is 35.2 Å². The summed E-state index contributed by atoms with van der Waals surface area (Å²) < 4.78 is 3.65. The minimum atomic E-state index is -0.219. The fourth-order valence-electron chi connectivity index (χ4n) is 2.19. The zero-order valence-corrected chi connectivity index (χ0v) is 12.6. The van der Waals surface area contributed by atoms with Gasteiger partial charge in [0.15, 0.2) is 16.5 Å². The molecule has 0 saturated carbocycles. The molecule has 110 valence electrons. The van der Waals surface area contributed by atoms with Crippen molar-refractivity contribution in [3.63, 3.8) is 0 Å². The highest BCUT2D eigenvalue weighted by Gasteiger charge is 2.18. The highest BCUT2D eigenvalue weighted by molar-refractivity contribution is 7.15. The van der Waals surface area contributed by atoms with Crippen LogP contribution in [0.2, 0.25) is 0 Å². The minimum Gasteiger partial charge on any atom is -0.354 e. The smallest absolute Gasteiger partial charge is 0.271 e. The van der Waals surface area contributed by atoms with Crippen LogP contribution >= 0.6 is 11.3 Å². The Labute approximate surface area is 125 Å². The first-order chi connectivity index (χ1) is 10.1. The molecule has 3 aromatic heterocycles. The molecule has 0 saturated heterocycles. The van der Waals surface area contributed by atoms with Crippen molar-refractivity contribution < 1.29 is 4.79 Å². The van der Waals surface area contributed by atoms with E-state index in [0.717, 1.165) is 10.7 Å². The van der Waals surface area contributed by atoms with Crippen molar-refractivity contribution in [1.82, 2.24) is 24.5 Å². The van der Waals surface area contributed by atoms with Crippen LogP contribution in [0.3, 0.4) is 0 Å². The van der Waals surface area contributed by atoms with Gasteiger partial charge in [-0.15, -0.1) is 11.3 Å². The fraction of sp³-hybridized carbons (Fsp3) is 0.308. The predicted molar refractivity (Wildman–Crippen MR) is 80.9 cm³/mol. The zero-order chi connectivity index (χ0) is 15.0. The van der Waals surface area contributed by atoms with Gasteiger partial charge in [-0.05, 0) is 13.0 Å². The minimum absolute atomic E-state index is 0.0116. The molecule has 1 amide bonds. The molecule has 0 spiro atoms. The number of aromatic nitrogens is 4. The maximum atomic E-state index is 11.6. The standard InChI is InChI=1S/C13H16N6OS/c1-8(14)7-10-11(16-13-18(10)5-6-21-13)19-4-3-9(17-19)12(20)15-2/h3-6,8H,7,14H2,1-2H3,(H,15,20). The molecule has 1 unspecified atom stereocenters. The molecule has 7 nitrogen and oxygen atoms in total. The van der Waals surface area contributed by atoms with Crippen molar-refractivity contribution in [2.45, 2.75) is 19.4 Å². The van der Waals surface area contributed by atoms with Gasteiger partial charge in [0, 0.05) is 37.3 Å². The van der Waals surface area contributed by atoms with Gasteiger partial charge in [-0.3, -0.25) is 9.20 Å². The Hall–Kier alpha value is -2.19. The van der Waals surface area contributed by atoms with E-state index in [1.54, 1.807) is 35.3 Å². The highest BCUT2D eigenvalue weighted by atomic mass is 32.1. The Kier molecular flexibility index (Phi) is 3.48. The molecule has 0 aromatic carbocycles. The van der Waals surface area contributed by atoms with E-state index in [1.165, 1.54) is 0 Å². The van der Waals surface area contributed by atoms with E-state index in [4.69, 9.17) is 5.73 Å². The Balaban J connectivity index is 2.08. The van der Waals surface area contributed by atoms with Crippen LogP contribution in [0, 0.1) is 0 Å². The number of nitrogens with zero attached hydrogens (tertiary/aromatic N) is 4. The number of nitrogens with two attached hydrogens (primary N) is 1. The van der Waals surface area contributed by atoms with Gasteiger partial charge >= 0.3 is 0 Å². The van der Waals surface area contributed by atoms with Gasteiger partial charge in [0.1, 0.15) is 0 Å². The third-order valence-electron chi connectivity index (χ3n) is 3.12. The quantitative estimate of drug-likeness (QED) is 0.747. The lowest BCUT2D eigenvalue weighted by Crippen LogP contribution is -2.20. The van der Waals surface area contributed by atoms with Gasteiger partial charge in [-0.2, -0.15) is 10.1 Å². The molecule has 0 aliphatic heterocycles. The first-order valence-electron chi connectivity index (χ1n) is 6.58. The summed E-state index contributed by atoms with van der Waals surface area (Å²) in [6.07, 6.45) is 4.39. The van der Waals surface area contributed by atoms with Crippen molar-refractivity contribution in [2.24, 2.45) is 5.73 Å². The first-order valence-corrected chi connectivity index (χ1v) is 7.46. The number of hydrogen-bond acceptors (Lipinski definition) is 5. The Bertz CT molecular complexity index is 784. The summed E-state index contributed by atoms with van der Waals surface area (Å²) in [5, 5.41) is 8.82. The molecular formula is C13H16N6OS. The molecule has 21 heavy (non-hydrogen) atoms. The monoisotopic (exact) mass is 304 g/mol. The molecule has 3 aromatic rings. The van der Waals surface area contributed by atoms with Gasteiger partial charge in [-0.25, -0.2) is 4.68 Å². The molecule has 3 N–H and O–H groups in total. The van der Waals surface area contributed by atoms with Crippen LogP contribution in [0.4, 0.5) is 0 Å². The molecule has 0 fully saturated rings. The van der Waals surface area contributed by atoms with Crippen molar-refractivity contribution in [1.29, 1.82) is 0 Å². The Morgan fingerprint density at radius 1 is 1.52 bits per heavy atom. The molecule has 8 heteroatoms. The second-order valence-corrected chi connectivity index (χ2v) is 5.72. The van der Waals surface area contributed by atoms with E-state index in [0.29, 0.717) is 17.9 Å². The topological polar surface area (TPSA) is 90.2 Å². The Morgan fingerprint density at radius 3 is 3.05 bits per heavy atom. The van der Waals surface area contributed by atoms with E-state index < -0.39 is 0 Å². The molecule has 0 aliphatic rings. The van der Waals surface area contributed by atoms with Crippen LogP contribution in [0.1, 0.15) is 23.1 Å². The molecule has 1 atom stereocenters. The average Bonchev–Trinajstić information content (AvgIpc) is 3.13. The molecular weight excluding hydrogens is 288 g/mol. The average molecular weight is 304 g/mol. The van der Waals surface area contributed by atoms with Crippen LogP contribution in [-0.4, -0.2) is 38.2 Å². The van der Waals surface area contributed by atoms with E-state index in [9.17, 15) is 4.79 Å². The van der Waals surface area contributed by atoms with E-state index in [1.807, 2.05) is 22.9 Å². The van der Waals surface area contributed by atoms with Gasteiger partial charge in [-0.1, -0.05) is 0 Å². The van der Waals surface area contributed by atoms with Gasteiger partial charge in [0.05, 0.1) is 5.69 Å². The molecule has 0 aliphatic carbocycles. The highest BCUT2D eigenvalue weighted by Crippen LogP contribution is 2.21. The number of carbonyl (C=O) groups excluding carboxylic acids is 1. The number of nitrogens with one attached hydrogen (secondary N) is 1. The van der Waals surface area contributed by atoms with Crippen molar-refractivity contribution in [2.75, 3.05) is 7.05 Å². The lowest BCUT2D eigenvalue weighted by atomic mass is 10.2. The van der Waals surface area contributed by atoms with Crippen molar-refractivity contribution in [3.8, 4) is 5.82 Å². The lowest BCUT2D eigenvalue weighted by molar-refractivity contribution is 0.0957. The number of fused-ring (bicyclic) bond motifs is 1. The second kappa shape index (κ2) is 5.30. The predicted octanol–water partition coefficient (Wildman–Crippen LogP) is 0.831. The molecule has 3 heterocycles. The van der Waals surface area contributed by atoms with Gasteiger partial charge < -0.3 is 11.1 Å². The number of carbonyl (C=O) groups is 1. The third kappa shape index (κ3) is 2.43. The number of rotatable bonds is 4. The van der Waals surface area contributed by atoms with E-state index in [2.05, 4.69) is 15.4 Å². The summed E-state index contributed by atoms with van der Waals surface area (Å²) in [6, 6.07) is 1.68. The largest absolute Gasteiger partial charge is 0.354 e. The summed E-state index contributed by atoms with van der Waals surface area (Å²) >= 11 is 1.55. The van der Waals surface area contributed by atoms with Gasteiger partial charge in [0.2, 0.25) is 0 Å². The van der Waals surface area contributed by atoms with Crippen LogP contribution < -0.4 is 11.1 Å². The second-order valence-electron chi connectivity index (χ2n) is 4.84. The maximum Gasteiger partial charge on any atom is 0.271 e. The number of imidazole rings is 1. The van der Waals surface area contributed by atoms with Crippen molar-refractivity contribution >= 4 is 22.2 Å². The fourth-order valence-corrected chi connectivity index (χ4v) is 2.92. The summed E-state index contributed by atoms with van der Waals surface area (Å²) in [5.41, 5.74) is 7.29. The first kappa shape index (κ1) is 13.8. The van der Waals surface area contributed by atoms with Crippen LogP contribution in [0.15, 0.2) is 23.8 Å². The number of amides is 1. The van der Waals surface area contributed by atoms with E-state index >= 15 is 0 Å². The Morgan fingerprint density at radius 2 is 2.33 bits per heavy atom. The third-order valence-corrected chi connectivity index (χ3v) is 3.88. The number of hydrogen-bond donors (Lipinski definition) is 2. The molecule has 3 rings (SSSR count). The molecule has 0 bridgehead atoms. The van der Waals surface area contributed by atoms with Crippen LogP contribution in [-0.2, 0) is 6.42 Å². The van der Waals surface area contributed by atoms with Crippen LogP contribution in [0.25, 0.3) is 10.8 Å². The normalized spacial score (nSPS) is 12.7. The summed E-state index contributed by atoms with van der Waals surface area (Å²) in [6.45, 7) is 1.95. The lowest BCUT2D eigenvalue weighted by Gasteiger charge is -2.06. The maximum absolute atomic E-state index is 11.6. The summed E-state index contributed by atoms with van der Waals surface area (Å²) in [4.78, 5) is 17.1. The SMILES string of the molecule is CNC(=O)c1ccn(-c2nc3sccn3c2CC(C)N)n1. The molecule has 0 radical (unpaired) electrons. The van der Waals surface area contributed by atoms with E-state index in [-0.39, 0.29) is 11.9 Å². The van der Waals surface area contributed by atoms with Crippen LogP contribution in [0.5, 0.6) is 0 Å².